The molecule has 0 saturated heterocycles. The summed E-state index contributed by atoms with van der Waals surface area (Å²) in [4.78, 5) is 1.03. The molecule has 1 nitrogen and oxygen atoms in total. The Labute approximate surface area is 116 Å². The molecular formula is C11H8BrCl2NS. The zero-order valence-corrected chi connectivity index (χ0v) is 12.0. The highest BCUT2D eigenvalue weighted by molar-refractivity contribution is 9.10. The second-order valence-corrected chi connectivity index (χ2v) is 6.30. The van der Waals surface area contributed by atoms with Crippen LogP contribution in [0, 0.1) is 0 Å². The van der Waals surface area contributed by atoms with Gasteiger partial charge in [0.15, 0.2) is 0 Å². The van der Waals surface area contributed by atoms with Crippen molar-refractivity contribution in [1.82, 2.24) is 0 Å². The molecule has 2 aromatic rings. The van der Waals surface area contributed by atoms with Gasteiger partial charge < -0.3 is 5.73 Å². The second-order valence-electron chi connectivity index (χ2n) is 3.29. The van der Waals surface area contributed by atoms with Crippen LogP contribution in [-0.2, 0) is 0 Å². The van der Waals surface area contributed by atoms with E-state index in [-0.39, 0.29) is 6.04 Å². The van der Waals surface area contributed by atoms with Crippen LogP contribution < -0.4 is 5.73 Å². The molecule has 1 atom stereocenters. The molecular weight excluding hydrogens is 329 g/mol. The van der Waals surface area contributed by atoms with Gasteiger partial charge in [-0.3, -0.25) is 0 Å². The van der Waals surface area contributed by atoms with Gasteiger partial charge in [-0.15, -0.1) is 11.3 Å². The van der Waals surface area contributed by atoms with Crippen LogP contribution in [0.25, 0.3) is 0 Å². The van der Waals surface area contributed by atoms with Crippen LogP contribution in [0.1, 0.15) is 16.5 Å². The minimum Gasteiger partial charge on any atom is -0.320 e. The Hall–Kier alpha value is -0.0600. The Balaban J connectivity index is 2.33. The summed E-state index contributed by atoms with van der Waals surface area (Å²) in [7, 11) is 0. The second kappa shape index (κ2) is 5.07. The highest BCUT2D eigenvalue weighted by Crippen LogP contribution is 2.32. The average molecular weight is 337 g/mol. The summed E-state index contributed by atoms with van der Waals surface area (Å²) in [5, 5.41) is 0.663. The van der Waals surface area contributed by atoms with Crippen LogP contribution in [0.2, 0.25) is 9.36 Å². The molecule has 0 aliphatic carbocycles. The van der Waals surface area contributed by atoms with Crippen molar-refractivity contribution in [2.24, 2.45) is 5.73 Å². The molecule has 0 fully saturated rings. The quantitative estimate of drug-likeness (QED) is 0.832. The van der Waals surface area contributed by atoms with Crippen molar-refractivity contribution >= 4 is 50.5 Å². The first kappa shape index (κ1) is 12.4. The predicted molar refractivity (Wildman–Crippen MR) is 74.5 cm³/mol. The minimum atomic E-state index is -0.178. The molecule has 1 aromatic heterocycles. The molecule has 0 amide bonds. The summed E-state index contributed by atoms with van der Waals surface area (Å²) in [6.45, 7) is 0. The molecule has 0 aliphatic rings. The van der Waals surface area contributed by atoms with Crippen LogP contribution in [0.3, 0.4) is 0 Å². The molecule has 0 spiro atoms. The number of rotatable bonds is 2. The molecule has 2 rings (SSSR count). The van der Waals surface area contributed by atoms with E-state index in [2.05, 4.69) is 15.9 Å². The molecule has 1 aromatic carbocycles. The van der Waals surface area contributed by atoms with Crippen molar-refractivity contribution in [2.75, 3.05) is 0 Å². The van der Waals surface area contributed by atoms with Gasteiger partial charge in [0.1, 0.15) is 0 Å². The Bertz CT molecular complexity index is 512. The first-order valence-corrected chi connectivity index (χ1v) is 6.90. The van der Waals surface area contributed by atoms with Gasteiger partial charge >= 0.3 is 0 Å². The van der Waals surface area contributed by atoms with E-state index in [0.29, 0.717) is 5.02 Å². The van der Waals surface area contributed by atoms with Crippen molar-refractivity contribution in [3.05, 3.63) is 54.6 Å². The van der Waals surface area contributed by atoms with Gasteiger partial charge in [0.2, 0.25) is 0 Å². The Morgan fingerprint density at radius 2 is 1.94 bits per heavy atom. The fourth-order valence-electron chi connectivity index (χ4n) is 1.37. The summed E-state index contributed by atoms with van der Waals surface area (Å²) in [5.74, 6) is 0. The predicted octanol–water partition coefficient (Wildman–Crippen LogP) is 4.87. The molecule has 84 valence electrons. The van der Waals surface area contributed by atoms with Gasteiger partial charge in [0.25, 0.3) is 0 Å². The number of hydrogen-bond acceptors (Lipinski definition) is 2. The van der Waals surface area contributed by atoms with Gasteiger partial charge in [0, 0.05) is 9.35 Å². The van der Waals surface area contributed by atoms with Crippen LogP contribution in [0.5, 0.6) is 0 Å². The van der Waals surface area contributed by atoms with Crippen molar-refractivity contribution in [3.63, 3.8) is 0 Å². The Kier molecular flexibility index (Phi) is 3.93. The lowest BCUT2D eigenvalue weighted by Gasteiger charge is -2.10. The minimum absolute atomic E-state index is 0.178. The molecule has 1 unspecified atom stereocenters. The maximum atomic E-state index is 6.13. The lowest BCUT2D eigenvalue weighted by atomic mass is 10.1. The van der Waals surface area contributed by atoms with E-state index < -0.39 is 0 Å². The van der Waals surface area contributed by atoms with Crippen LogP contribution in [0.4, 0.5) is 0 Å². The van der Waals surface area contributed by atoms with E-state index >= 15 is 0 Å². The van der Waals surface area contributed by atoms with Gasteiger partial charge in [-0.25, -0.2) is 0 Å². The number of halogens is 3. The van der Waals surface area contributed by atoms with Gasteiger partial charge in [0.05, 0.1) is 15.4 Å². The zero-order chi connectivity index (χ0) is 11.7. The van der Waals surface area contributed by atoms with E-state index in [1.165, 1.54) is 11.3 Å². The smallest absolute Gasteiger partial charge is 0.0931 e. The van der Waals surface area contributed by atoms with E-state index in [1.807, 2.05) is 30.3 Å². The first-order valence-electron chi connectivity index (χ1n) is 4.53. The zero-order valence-electron chi connectivity index (χ0n) is 8.08. The number of benzene rings is 1. The molecule has 0 radical (unpaired) electrons. The molecule has 2 N–H and O–H groups in total. The molecule has 1 heterocycles. The summed E-state index contributed by atoms with van der Waals surface area (Å²) < 4.78 is 1.61. The van der Waals surface area contributed by atoms with Gasteiger partial charge in [-0.05, 0) is 45.8 Å². The van der Waals surface area contributed by atoms with Crippen molar-refractivity contribution in [1.29, 1.82) is 0 Å². The SMILES string of the molecule is NC(c1ccc(Br)c(Cl)c1)c1ccc(Cl)s1. The highest BCUT2D eigenvalue weighted by atomic mass is 79.9. The number of nitrogens with two attached hydrogens (primary N) is 1. The lowest BCUT2D eigenvalue weighted by Crippen LogP contribution is -2.09. The third kappa shape index (κ3) is 2.60. The number of thiophene rings is 1. The van der Waals surface area contributed by atoms with E-state index in [9.17, 15) is 0 Å². The Morgan fingerprint density at radius 3 is 2.50 bits per heavy atom. The van der Waals surface area contributed by atoms with E-state index in [4.69, 9.17) is 28.9 Å². The van der Waals surface area contributed by atoms with Crippen LogP contribution in [0.15, 0.2) is 34.8 Å². The largest absolute Gasteiger partial charge is 0.320 e. The average Bonchev–Trinajstić information content (AvgIpc) is 2.68. The maximum absolute atomic E-state index is 6.13. The maximum Gasteiger partial charge on any atom is 0.0931 e. The fourth-order valence-corrected chi connectivity index (χ4v) is 2.89. The van der Waals surface area contributed by atoms with Crippen LogP contribution >= 0.6 is 50.5 Å². The molecule has 16 heavy (non-hydrogen) atoms. The summed E-state index contributed by atoms with van der Waals surface area (Å²) >= 11 is 16.7. The normalized spacial score (nSPS) is 12.8. The molecule has 0 aliphatic heterocycles. The van der Waals surface area contributed by atoms with Gasteiger partial charge in [-0.2, -0.15) is 0 Å². The van der Waals surface area contributed by atoms with Gasteiger partial charge in [-0.1, -0.05) is 29.3 Å². The first-order chi connectivity index (χ1) is 7.58. The standard InChI is InChI=1S/C11H8BrCl2NS/c12-7-2-1-6(5-8(7)13)11(15)9-3-4-10(14)16-9/h1-5,11H,15H2. The fraction of sp³-hybridized carbons (Fsp3) is 0.0909. The van der Waals surface area contributed by atoms with Crippen molar-refractivity contribution in [2.45, 2.75) is 6.04 Å². The third-order valence-electron chi connectivity index (χ3n) is 2.20. The van der Waals surface area contributed by atoms with E-state index in [1.54, 1.807) is 0 Å². The number of hydrogen-bond donors (Lipinski definition) is 1. The summed E-state index contributed by atoms with van der Waals surface area (Å²) in [5.41, 5.74) is 7.10. The van der Waals surface area contributed by atoms with E-state index in [0.717, 1.165) is 19.2 Å². The van der Waals surface area contributed by atoms with Crippen molar-refractivity contribution in [3.8, 4) is 0 Å². The van der Waals surface area contributed by atoms with Crippen molar-refractivity contribution < 1.29 is 0 Å². The van der Waals surface area contributed by atoms with Crippen LogP contribution in [-0.4, -0.2) is 0 Å². The topological polar surface area (TPSA) is 26.0 Å². The molecule has 0 bridgehead atoms. The monoisotopic (exact) mass is 335 g/mol. The Morgan fingerprint density at radius 1 is 1.19 bits per heavy atom. The molecule has 5 heteroatoms. The summed E-state index contributed by atoms with van der Waals surface area (Å²) in [6.07, 6.45) is 0. The lowest BCUT2D eigenvalue weighted by molar-refractivity contribution is 0.893. The summed E-state index contributed by atoms with van der Waals surface area (Å²) in [6, 6.07) is 9.32. The highest BCUT2D eigenvalue weighted by Gasteiger charge is 2.12. The third-order valence-corrected chi connectivity index (χ3v) is 4.75. The molecule has 0 saturated carbocycles.